The average Bonchev–Trinajstić information content (AvgIpc) is 2.95. The summed E-state index contributed by atoms with van der Waals surface area (Å²) in [5.74, 6) is -0.617. The number of fused-ring (bicyclic) bond motifs is 1. The number of sulfonamides is 1. The van der Waals surface area contributed by atoms with E-state index in [1.54, 1.807) is 22.8 Å². The lowest BCUT2D eigenvalue weighted by molar-refractivity contribution is 0.0600. The van der Waals surface area contributed by atoms with E-state index in [9.17, 15) is 18.0 Å². The monoisotopic (exact) mass is 406 g/mol. The first-order valence-corrected chi connectivity index (χ1v) is 10.4. The van der Waals surface area contributed by atoms with Gasteiger partial charge in [-0.05, 0) is 50.2 Å². The van der Waals surface area contributed by atoms with Gasteiger partial charge in [-0.2, -0.15) is 0 Å². The van der Waals surface area contributed by atoms with Crippen molar-refractivity contribution in [3.8, 4) is 0 Å². The number of aromatic nitrogens is 1. The van der Waals surface area contributed by atoms with Crippen LogP contribution in [-0.4, -0.2) is 26.1 Å². The summed E-state index contributed by atoms with van der Waals surface area (Å²) in [5.41, 5.74) is 1.24. The number of nitrogens with one attached hydrogen (secondary N) is 1. The molecule has 0 fully saturated rings. The van der Waals surface area contributed by atoms with Gasteiger partial charge in [0.05, 0.1) is 33.5 Å². The maximum Gasteiger partial charge on any atom is 0.337 e. The number of carbonyl (C=O) groups is 1. The van der Waals surface area contributed by atoms with Gasteiger partial charge in [0, 0.05) is 6.04 Å². The fourth-order valence-electron chi connectivity index (χ4n) is 2.71. The van der Waals surface area contributed by atoms with Crippen LogP contribution in [-0.2, 0) is 14.8 Å². The summed E-state index contributed by atoms with van der Waals surface area (Å²) >= 11 is 1.06. The van der Waals surface area contributed by atoms with Crippen LogP contribution in [0.15, 0.2) is 52.2 Å². The number of esters is 1. The SMILES string of the molecule is COC(=O)c1cccc(S(=O)(=O)Nc2ccc3c(c2)sc(=O)n3C(C)C)c1. The first kappa shape index (κ1) is 19.1. The Hall–Kier alpha value is -2.65. The van der Waals surface area contributed by atoms with Crippen molar-refractivity contribution in [3.63, 3.8) is 0 Å². The van der Waals surface area contributed by atoms with Crippen LogP contribution in [0.25, 0.3) is 10.2 Å². The number of carbonyl (C=O) groups excluding carboxylic acids is 1. The van der Waals surface area contributed by atoms with Crippen molar-refractivity contribution < 1.29 is 17.9 Å². The van der Waals surface area contributed by atoms with Crippen LogP contribution >= 0.6 is 11.3 Å². The number of anilines is 1. The first-order chi connectivity index (χ1) is 12.7. The van der Waals surface area contributed by atoms with Crippen LogP contribution in [0.1, 0.15) is 30.2 Å². The third-order valence-corrected chi connectivity index (χ3v) is 6.24. The van der Waals surface area contributed by atoms with Crippen LogP contribution in [0.3, 0.4) is 0 Å². The second-order valence-electron chi connectivity index (χ2n) is 6.14. The number of rotatable bonds is 5. The molecule has 27 heavy (non-hydrogen) atoms. The number of methoxy groups -OCH3 is 1. The van der Waals surface area contributed by atoms with Gasteiger partial charge in [0.25, 0.3) is 10.0 Å². The minimum atomic E-state index is -3.90. The molecule has 2 aromatic carbocycles. The van der Waals surface area contributed by atoms with Crippen LogP contribution in [0.4, 0.5) is 5.69 Å². The third kappa shape index (κ3) is 3.74. The van der Waals surface area contributed by atoms with E-state index in [0.29, 0.717) is 10.4 Å². The maximum atomic E-state index is 12.7. The number of benzene rings is 2. The van der Waals surface area contributed by atoms with Crippen LogP contribution in [0, 0.1) is 0 Å². The third-order valence-electron chi connectivity index (χ3n) is 3.95. The van der Waals surface area contributed by atoms with Gasteiger partial charge in [0.1, 0.15) is 0 Å². The van der Waals surface area contributed by atoms with E-state index in [-0.39, 0.29) is 21.4 Å². The van der Waals surface area contributed by atoms with E-state index in [0.717, 1.165) is 16.9 Å². The van der Waals surface area contributed by atoms with Crippen molar-refractivity contribution in [2.75, 3.05) is 11.8 Å². The minimum Gasteiger partial charge on any atom is -0.465 e. The molecule has 0 unspecified atom stereocenters. The van der Waals surface area contributed by atoms with Crippen LogP contribution in [0.5, 0.6) is 0 Å². The Morgan fingerprint density at radius 2 is 1.93 bits per heavy atom. The predicted octanol–water partition coefficient (Wildman–Crippen LogP) is 3.23. The lowest BCUT2D eigenvalue weighted by atomic mass is 10.2. The Labute approximate surface area is 160 Å². The largest absolute Gasteiger partial charge is 0.465 e. The molecule has 0 aliphatic rings. The van der Waals surface area contributed by atoms with E-state index in [4.69, 9.17) is 0 Å². The molecule has 0 bridgehead atoms. The van der Waals surface area contributed by atoms with E-state index < -0.39 is 16.0 Å². The van der Waals surface area contributed by atoms with Crippen LogP contribution in [0.2, 0.25) is 0 Å². The molecule has 0 saturated carbocycles. The molecule has 0 aliphatic heterocycles. The highest BCUT2D eigenvalue weighted by Gasteiger charge is 2.18. The fourth-order valence-corrected chi connectivity index (χ4v) is 4.86. The minimum absolute atomic E-state index is 0.00912. The summed E-state index contributed by atoms with van der Waals surface area (Å²) < 4.78 is 34.8. The molecule has 3 rings (SSSR count). The molecule has 0 saturated heterocycles. The molecule has 3 aromatic rings. The molecule has 0 spiro atoms. The normalized spacial score (nSPS) is 11.7. The van der Waals surface area contributed by atoms with Crippen molar-refractivity contribution in [1.82, 2.24) is 4.57 Å². The maximum absolute atomic E-state index is 12.7. The number of hydrogen-bond donors (Lipinski definition) is 1. The van der Waals surface area contributed by atoms with Gasteiger partial charge in [-0.25, -0.2) is 13.2 Å². The number of hydrogen-bond acceptors (Lipinski definition) is 6. The smallest absolute Gasteiger partial charge is 0.337 e. The second kappa shape index (κ2) is 7.16. The molecular weight excluding hydrogens is 388 g/mol. The van der Waals surface area contributed by atoms with Crippen molar-refractivity contribution in [3.05, 3.63) is 57.7 Å². The van der Waals surface area contributed by atoms with Crippen LogP contribution < -0.4 is 9.60 Å². The molecule has 0 radical (unpaired) electrons. The zero-order chi connectivity index (χ0) is 19.8. The standard InChI is InChI=1S/C18H18N2O5S2/c1-11(2)20-15-8-7-13(10-16(15)26-18(20)22)19-27(23,24)14-6-4-5-12(9-14)17(21)25-3/h4-11,19H,1-3H3. The van der Waals surface area contributed by atoms with Gasteiger partial charge in [0.2, 0.25) is 0 Å². The lowest BCUT2D eigenvalue weighted by Crippen LogP contribution is -2.15. The predicted molar refractivity (Wildman–Crippen MR) is 105 cm³/mol. The van der Waals surface area contributed by atoms with Gasteiger partial charge in [0.15, 0.2) is 0 Å². The van der Waals surface area contributed by atoms with Gasteiger partial charge in [-0.3, -0.25) is 14.1 Å². The van der Waals surface area contributed by atoms with Gasteiger partial charge in [-0.15, -0.1) is 0 Å². The zero-order valence-electron chi connectivity index (χ0n) is 14.9. The zero-order valence-corrected chi connectivity index (χ0v) is 16.6. The first-order valence-electron chi connectivity index (χ1n) is 8.09. The quantitative estimate of drug-likeness (QED) is 0.657. The average molecular weight is 406 g/mol. The summed E-state index contributed by atoms with van der Waals surface area (Å²) in [5, 5.41) is 0. The van der Waals surface area contributed by atoms with Gasteiger partial charge < -0.3 is 4.74 Å². The summed E-state index contributed by atoms with van der Waals surface area (Å²) in [7, 11) is -2.68. The van der Waals surface area contributed by atoms with Crippen molar-refractivity contribution >= 4 is 43.2 Å². The molecular formula is C18H18N2O5S2. The Balaban J connectivity index is 1.97. The molecule has 7 nitrogen and oxygen atoms in total. The number of nitrogens with zero attached hydrogens (tertiary/aromatic N) is 1. The topological polar surface area (TPSA) is 94.5 Å². The molecule has 0 atom stereocenters. The summed E-state index contributed by atoms with van der Waals surface area (Å²) in [6.45, 7) is 3.83. The summed E-state index contributed by atoms with van der Waals surface area (Å²) in [6.07, 6.45) is 0. The van der Waals surface area contributed by atoms with Gasteiger partial charge in [-0.1, -0.05) is 17.4 Å². The number of thiazole rings is 1. The Morgan fingerprint density at radius 1 is 1.19 bits per heavy atom. The second-order valence-corrected chi connectivity index (χ2v) is 8.81. The van der Waals surface area contributed by atoms with Crippen molar-refractivity contribution in [2.45, 2.75) is 24.8 Å². The Bertz CT molecular complexity index is 1180. The van der Waals surface area contributed by atoms with E-state index >= 15 is 0 Å². The highest BCUT2D eigenvalue weighted by atomic mass is 32.2. The van der Waals surface area contributed by atoms with E-state index in [2.05, 4.69) is 9.46 Å². The van der Waals surface area contributed by atoms with Gasteiger partial charge >= 0.3 is 10.8 Å². The molecule has 1 aromatic heterocycles. The highest BCUT2D eigenvalue weighted by Crippen LogP contribution is 2.26. The van der Waals surface area contributed by atoms with Crippen molar-refractivity contribution in [1.29, 1.82) is 0 Å². The molecule has 9 heteroatoms. The molecule has 1 heterocycles. The van der Waals surface area contributed by atoms with Crippen molar-refractivity contribution in [2.24, 2.45) is 0 Å². The van der Waals surface area contributed by atoms with E-state index in [1.165, 1.54) is 31.4 Å². The lowest BCUT2D eigenvalue weighted by Gasteiger charge is -2.10. The number of ether oxygens (including phenoxy) is 1. The molecule has 142 valence electrons. The molecule has 0 aliphatic carbocycles. The molecule has 1 N–H and O–H groups in total. The summed E-state index contributed by atoms with van der Waals surface area (Å²) in [6, 6.07) is 10.5. The Kier molecular flexibility index (Phi) is 5.07. The highest BCUT2D eigenvalue weighted by molar-refractivity contribution is 7.92. The van der Waals surface area contributed by atoms with E-state index in [1.807, 2.05) is 13.8 Å². The fraction of sp³-hybridized carbons (Fsp3) is 0.222. The Morgan fingerprint density at radius 3 is 2.59 bits per heavy atom. The molecule has 0 amide bonds. The summed E-state index contributed by atoms with van der Waals surface area (Å²) in [4.78, 5) is 23.6.